The maximum Gasteiger partial charge on any atom is 0.102 e. The summed E-state index contributed by atoms with van der Waals surface area (Å²) in [4.78, 5) is 0. The molecule has 0 amide bonds. The first-order chi connectivity index (χ1) is 3.06. The van der Waals surface area contributed by atoms with Gasteiger partial charge in [0, 0.05) is 0 Å². The maximum atomic E-state index is 10.7. The van der Waals surface area contributed by atoms with Gasteiger partial charge < -0.3 is 4.57 Å². The normalized spacial score (nSPS) is 13.0. The summed E-state index contributed by atoms with van der Waals surface area (Å²) in [6.45, 7) is 5.36. The largest absolute Gasteiger partial charge is 0.320 e. The van der Waals surface area contributed by atoms with Crippen molar-refractivity contribution in [2.45, 2.75) is 6.92 Å². The van der Waals surface area contributed by atoms with Crippen molar-refractivity contribution in [3.63, 3.8) is 0 Å². The Balaban J connectivity index is 3.82. The first-order valence-corrected chi connectivity index (χ1v) is 4.92. The van der Waals surface area contributed by atoms with E-state index in [0.717, 1.165) is 0 Å². The molecule has 0 saturated heterocycles. The second-order valence-electron chi connectivity index (χ2n) is 1.92. The zero-order valence-electron chi connectivity index (χ0n) is 5.01. The molecule has 0 aliphatic carbocycles. The Morgan fingerprint density at radius 2 is 1.86 bits per heavy atom. The fraction of sp³-hybridized carbons (Fsp3) is 0.600. The molecule has 0 aromatic heterocycles. The Bertz CT molecular complexity index is 109. The molecule has 0 radical (unpaired) electrons. The van der Waals surface area contributed by atoms with Crippen LogP contribution in [0.3, 0.4) is 0 Å². The van der Waals surface area contributed by atoms with Crippen molar-refractivity contribution in [3.8, 4) is 0 Å². The summed E-state index contributed by atoms with van der Waals surface area (Å²) in [6.07, 6.45) is 1.82. The fourth-order valence-electron chi connectivity index (χ4n) is 0.359. The predicted molar refractivity (Wildman–Crippen MR) is 34.3 cm³/mol. The number of allylic oxidation sites excluding steroid dienone is 1. The summed E-state index contributed by atoms with van der Waals surface area (Å²) in [5.41, 5.74) is 0. The molecule has 0 N–H and O–H groups in total. The number of hydrogen-bond donors (Lipinski definition) is 0. The van der Waals surface area contributed by atoms with Gasteiger partial charge in [0.05, 0.1) is 0 Å². The van der Waals surface area contributed by atoms with Crippen molar-refractivity contribution < 1.29 is 4.57 Å². The van der Waals surface area contributed by atoms with Gasteiger partial charge in [0.1, 0.15) is 7.14 Å². The minimum absolute atomic E-state index is 1.74. The molecular formula is C5H11OP. The highest BCUT2D eigenvalue weighted by molar-refractivity contribution is 7.65. The third-order valence-corrected chi connectivity index (χ3v) is 1.52. The molecular weight excluding hydrogens is 107 g/mol. The minimum Gasteiger partial charge on any atom is -0.320 e. The standard InChI is InChI=1S/C5H11OP/c1-4-5-7(2,3)6/h4-5H,1-3H3/b5-4+. The summed E-state index contributed by atoms with van der Waals surface area (Å²) >= 11 is 0. The molecule has 0 unspecified atom stereocenters. The van der Waals surface area contributed by atoms with Crippen LogP contribution in [-0.4, -0.2) is 13.3 Å². The molecule has 0 atom stereocenters. The van der Waals surface area contributed by atoms with Crippen LogP contribution in [0.25, 0.3) is 0 Å². The van der Waals surface area contributed by atoms with Gasteiger partial charge in [0.2, 0.25) is 0 Å². The monoisotopic (exact) mass is 118 g/mol. The lowest BCUT2D eigenvalue weighted by Crippen LogP contribution is -1.62. The third kappa shape index (κ3) is 5.97. The summed E-state index contributed by atoms with van der Waals surface area (Å²) < 4.78 is 10.7. The average Bonchev–Trinajstić information content (AvgIpc) is 1.30. The lowest BCUT2D eigenvalue weighted by Gasteiger charge is -1.92. The molecule has 0 aliphatic rings. The highest BCUT2D eigenvalue weighted by atomic mass is 31.2. The summed E-state index contributed by atoms with van der Waals surface area (Å²) in [5.74, 6) is 1.74. The second-order valence-corrected chi connectivity index (χ2v) is 5.08. The Morgan fingerprint density at radius 3 is 1.86 bits per heavy atom. The van der Waals surface area contributed by atoms with Gasteiger partial charge in [0.15, 0.2) is 0 Å². The molecule has 42 valence electrons. The van der Waals surface area contributed by atoms with E-state index in [-0.39, 0.29) is 0 Å². The maximum absolute atomic E-state index is 10.7. The summed E-state index contributed by atoms with van der Waals surface area (Å²) in [5, 5.41) is 0. The van der Waals surface area contributed by atoms with Crippen LogP contribution in [0.5, 0.6) is 0 Å². The van der Waals surface area contributed by atoms with Crippen molar-refractivity contribution in [1.82, 2.24) is 0 Å². The number of rotatable bonds is 1. The highest BCUT2D eigenvalue weighted by Crippen LogP contribution is 2.36. The van der Waals surface area contributed by atoms with Gasteiger partial charge in [-0.1, -0.05) is 6.08 Å². The van der Waals surface area contributed by atoms with Crippen molar-refractivity contribution in [3.05, 3.63) is 11.9 Å². The summed E-state index contributed by atoms with van der Waals surface area (Å²) in [7, 11) is -1.85. The van der Waals surface area contributed by atoms with E-state index in [1.807, 2.05) is 13.0 Å². The topological polar surface area (TPSA) is 17.1 Å². The van der Waals surface area contributed by atoms with Gasteiger partial charge in [-0.25, -0.2) is 0 Å². The molecule has 7 heavy (non-hydrogen) atoms. The first-order valence-electron chi connectivity index (χ1n) is 2.25. The van der Waals surface area contributed by atoms with Gasteiger partial charge >= 0.3 is 0 Å². The van der Waals surface area contributed by atoms with Crippen molar-refractivity contribution >= 4 is 7.14 Å². The molecule has 0 bridgehead atoms. The third-order valence-electron chi connectivity index (χ3n) is 0.508. The molecule has 0 aliphatic heterocycles. The zero-order valence-corrected chi connectivity index (χ0v) is 5.90. The van der Waals surface area contributed by atoms with E-state index in [1.165, 1.54) is 0 Å². The van der Waals surface area contributed by atoms with E-state index in [9.17, 15) is 4.57 Å². The van der Waals surface area contributed by atoms with Crippen LogP contribution in [0, 0.1) is 0 Å². The summed E-state index contributed by atoms with van der Waals surface area (Å²) in [6, 6.07) is 0. The fourth-order valence-corrected chi connectivity index (χ4v) is 1.08. The van der Waals surface area contributed by atoms with Crippen LogP contribution in [0.15, 0.2) is 11.9 Å². The van der Waals surface area contributed by atoms with Crippen molar-refractivity contribution in [1.29, 1.82) is 0 Å². The molecule has 0 spiro atoms. The van der Waals surface area contributed by atoms with Crippen LogP contribution in [0.4, 0.5) is 0 Å². The smallest absolute Gasteiger partial charge is 0.102 e. The Hall–Kier alpha value is -0.0300. The predicted octanol–water partition coefficient (Wildman–Crippen LogP) is 2.14. The lowest BCUT2D eigenvalue weighted by molar-refractivity contribution is 0.588. The van der Waals surface area contributed by atoms with E-state index in [0.29, 0.717) is 0 Å². The first kappa shape index (κ1) is 6.97. The number of hydrogen-bond acceptors (Lipinski definition) is 1. The molecule has 0 rings (SSSR count). The molecule has 0 aromatic rings. The Kier molecular flexibility index (Phi) is 2.31. The molecule has 0 aromatic carbocycles. The van der Waals surface area contributed by atoms with E-state index >= 15 is 0 Å². The lowest BCUT2D eigenvalue weighted by atomic mass is 10.8. The molecule has 0 fully saturated rings. The van der Waals surface area contributed by atoms with Gasteiger partial charge in [-0.15, -0.1) is 0 Å². The van der Waals surface area contributed by atoms with Crippen LogP contribution in [0.2, 0.25) is 0 Å². The van der Waals surface area contributed by atoms with E-state index < -0.39 is 7.14 Å². The average molecular weight is 118 g/mol. The second kappa shape index (κ2) is 2.32. The Labute approximate surface area is 44.8 Å². The molecule has 0 saturated carbocycles. The zero-order chi connectivity index (χ0) is 5.91. The molecule has 2 heteroatoms. The van der Waals surface area contributed by atoms with Gasteiger partial charge in [0.25, 0.3) is 0 Å². The van der Waals surface area contributed by atoms with Gasteiger partial charge in [-0.2, -0.15) is 0 Å². The van der Waals surface area contributed by atoms with Gasteiger partial charge in [-0.05, 0) is 26.1 Å². The van der Waals surface area contributed by atoms with E-state index in [4.69, 9.17) is 0 Å². The quantitative estimate of drug-likeness (QED) is 0.482. The van der Waals surface area contributed by atoms with E-state index in [1.54, 1.807) is 19.1 Å². The van der Waals surface area contributed by atoms with Gasteiger partial charge in [-0.3, -0.25) is 0 Å². The highest BCUT2D eigenvalue weighted by Gasteiger charge is 1.95. The molecule has 0 heterocycles. The minimum atomic E-state index is -1.85. The van der Waals surface area contributed by atoms with Crippen molar-refractivity contribution in [2.24, 2.45) is 0 Å². The van der Waals surface area contributed by atoms with Crippen LogP contribution in [0.1, 0.15) is 6.92 Å². The van der Waals surface area contributed by atoms with E-state index in [2.05, 4.69) is 0 Å². The molecule has 1 nitrogen and oxygen atoms in total. The van der Waals surface area contributed by atoms with Crippen molar-refractivity contribution in [2.75, 3.05) is 13.3 Å². The van der Waals surface area contributed by atoms with Crippen LogP contribution < -0.4 is 0 Å². The van der Waals surface area contributed by atoms with Crippen LogP contribution in [-0.2, 0) is 4.57 Å². The van der Waals surface area contributed by atoms with Crippen LogP contribution >= 0.6 is 7.14 Å². The Morgan fingerprint density at radius 1 is 1.43 bits per heavy atom. The SMILES string of the molecule is C/C=C/P(C)(C)=O.